The van der Waals surface area contributed by atoms with Crippen LogP contribution in [0.3, 0.4) is 0 Å². The Morgan fingerprint density at radius 2 is 2.19 bits per heavy atom. The van der Waals surface area contributed by atoms with Crippen molar-refractivity contribution < 1.29 is 22.7 Å². The molecule has 4 nitrogen and oxygen atoms in total. The van der Waals surface area contributed by atoms with Gasteiger partial charge in [0.15, 0.2) is 11.3 Å². The van der Waals surface area contributed by atoms with Crippen molar-refractivity contribution in [1.82, 2.24) is 0 Å². The van der Waals surface area contributed by atoms with E-state index in [1.165, 1.54) is 12.1 Å². The maximum absolute atomic E-state index is 14.6. The highest BCUT2D eigenvalue weighted by atomic mass is 19.3. The van der Waals surface area contributed by atoms with E-state index in [1.54, 1.807) is 0 Å². The molecule has 4 rings (SSSR count). The van der Waals surface area contributed by atoms with Crippen LogP contribution >= 0.6 is 0 Å². The number of hydrogen-bond donors (Lipinski definition) is 1. The fraction of sp³-hybridized carbons (Fsp3) is 0.500. The number of nitrogens with two attached hydrogens (primary N) is 1. The summed E-state index contributed by atoms with van der Waals surface area (Å²) in [5.74, 6) is -1.43. The largest absolute Gasteiger partial charge is 0.462 e. The number of carbonyl (C=O) groups is 1. The van der Waals surface area contributed by atoms with E-state index in [0.29, 0.717) is 12.0 Å². The summed E-state index contributed by atoms with van der Waals surface area (Å²) in [7, 11) is 0. The molecule has 3 atom stereocenters. The van der Waals surface area contributed by atoms with E-state index in [2.05, 4.69) is 4.99 Å². The number of rotatable bonds is 5. The summed E-state index contributed by atoms with van der Waals surface area (Å²) >= 11 is 0. The second-order valence-electron chi connectivity index (χ2n) is 7.46. The number of Topliss-reactive ketones (excluding diaryl/α,β-unsaturated/α-hetero) is 1. The minimum absolute atomic E-state index is 0.0438. The van der Waals surface area contributed by atoms with Gasteiger partial charge in [-0.1, -0.05) is 12.1 Å². The lowest BCUT2D eigenvalue weighted by Crippen LogP contribution is -2.43. The fourth-order valence-corrected chi connectivity index (χ4v) is 4.18. The van der Waals surface area contributed by atoms with Crippen LogP contribution in [0.2, 0.25) is 0 Å². The molecule has 0 amide bonds. The Bertz CT molecular complexity index is 837. The number of nitrogens with zero attached hydrogens (tertiary/aromatic N) is 1. The Balaban J connectivity index is 1.69. The van der Waals surface area contributed by atoms with Gasteiger partial charge in [0.2, 0.25) is 0 Å². The lowest BCUT2D eigenvalue weighted by Gasteiger charge is -2.33. The number of fused-ring (bicyclic) bond motifs is 1. The predicted octanol–water partition coefficient (Wildman–Crippen LogP) is 3.63. The first-order valence-corrected chi connectivity index (χ1v) is 9.23. The Labute approximate surface area is 155 Å². The highest BCUT2D eigenvalue weighted by Crippen LogP contribution is 2.56. The molecule has 1 saturated carbocycles. The molecule has 2 aliphatic carbocycles. The Kier molecular flexibility index (Phi) is 4.48. The number of hydrogen-bond acceptors (Lipinski definition) is 4. The van der Waals surface area contributed by atoms with Crippen molar-refractivity contribution >= 4 is 11.8 Å². The van der Waals surface area contributed by atoms with Gasteiger partial charge in [-0.25, -0.2) is 18.2 Å². The highest BCUT2D eigenvalue weighted by Gasteiger charge is 2.64. The van der Waals surface area contributed by atoms with E-state index >= 15 is 0 Å². The van der Waals surface area contributed by atoms with Crippen LogP contribution < -0.4 is 5.73 Å². The Hall–Kier alpha value is -2.31. The lowest BCUT2D eigenvalue weighted by molar-refractivity contribution is -0.115. The van der Waals surface area contributed by atoms with E-state index in [4.69, 9.17) is 10.5 Å². The third-order valence-corrected chi connectivity index (χ3v) is 5.67. The van der Waals surface area contributed by atoms with E-state index < -0.39 is 29.8 Å². The molecule has 2 N–H and O–H groups in total. The van der Waals surface area contributed by atoms with Gasteiger partial charge in [0.25, 0.3) is 12.4 Å². The maximum Gasteiger partial charge on any atom is 0.283 e. The van der Waals surface area contributed by atoms with Crippen LogP contribution in [0.15, 0.2) is 34.8 Å². The average Bonchev–Trinajstić information content (AvgIpc) is 3.42. The zero-order valence-electron chi connectivity index (χ0n) is 14.8. The summed E-state index contributed by atoms with van der Waals surface area (Å²) in [4.78, 5) is 16.4. The minimum atomic E-state index is -2.93. The van der Waals surface area contributed by atoms with Gasteiger partial charge < -0.3 is 10.5 Å². The van der Waals surface area contributed by atoms with Crippen molar-refractivity contribution in [3.63, 3.8) is 0 Å². The van der Waals surface area contributed by atoms with Crippen molar-refractivity contribution in [2.24, 2.45) is 16.6 Å². The standard InChI is InChI=1S/C20H21F3N2O2/c21-15-7-6-11(9-16(26)12-4-2-1-3-5-12)8-13(15)20(18(22)23)14-10-17(14)27-19(24)25-20/h4,6-8,14,17-18H,1-3,5,9-10H2,(H2,24,25)/t14-,17+,20+/m0/s1. The molecule has 1 aliphatic heterocycles. The summed E-state index contributed by atoms with van der Waals surface area (Å²) in [6.45, 7) is 0. The molecule has 1 aromatic rings. The molecule has 27 heavy (non-hydrogen) atoms. The third kappa shape index (κ3) is 3.13. The van der Waals surface area contributed by atoms with Gasteiger partial charge in [0.05, 0.1) is 0 Å². The first-order valence-electron chi connectivity index (χ1n) is 9.23. The Morgan fingerprint density at radius 3 is 2.89 bits per heavy atom. The molecule has 1 fully saturated rings. The summed E-state index contributed by atoms with van der Waals surface area (Å²) in [5, 5.41) is 0. The second-order valence-corrected chi connectivity index (χ2v) is 7.46. The molecule has 3 aliphatic rings. The van der Waals surface area contributed by atoms with E-state index in [-0.39, 0.29) is 23.8 Å². The number of carbonyl (C=O) groups excluding carboxylic acids is 1. The molecule has 1 heterocycles. The van der Waals surface area contributed by atoms with Gasteiger partial charge >= 0.3 is 0 Å². The molecule has 0 saturated heterocycles. The van der Waals surface area contributed by atoms with Crippen molar-refractivity contribution in [2.75, 3.05) is 0 Å². The first-order chi connectivity index (χ1) is 12.9. The molecule has 144 valence electrons. The van der Waals surface area contributed by atoms with Crippen molar-refractivity contribution in [2.45, 2.75) is 56.6 Å². The minimum Gasteiger partial charge on any atom is -0.462 e. The van der Waals surface area contributed by atoms with Crippen molar-refractivity contribution in [3.8, 4) is 0 Å². The van der Waals surface area contributed by atoms with Crippen molar-refractivity contribution in [1.29, 1.82) is 0 Å². The number of aliphatic imine (C=N–C) groups is 1. The fourth-order valence-electron chi connectivity index (χ4n) is 4.18. The predicted molar refractivity (Wildman–Crippen MR) is 93.9 cm³/mol. The summed E-state index contributed by atoms with van der Waals surface area (Å²) < 4.78 is 48.0. The van der Waals surface area contributed by atoms with Crippen LogP contribution in [-0.2, 0) is 21.5 Å². The van der Waals surface area contributed by atoms with E-state index in [0.717, 1.165) is 37.3 Å². The molecule has 0 unspecified atom stereocenters. The van der Waals surface area contributed by atoms with Crippen LogP contribution in [-0.4, -0.2) is 24.3 Å². The molecule has 1 aromatic carbocycles. The number of alkyl halides is 2. The number of halogens is 3. The van der Waals surface area contributed by atoms with Crippen LogP contribution in [0, 0.1) is 11.7 Å². The van der Waals surface area contributed by atoms with E-state index in [9.17, 15) is 18.0 Å². The van der Waals surface area contributed by atoms with Gasteiger partial charge in [-0.05, 0) is 55.4 Å². The monoisotopic (exact) mass is 378 g/mol. The molecule has 0 bridgehead atoms. The van der Waals surface area contributed by atoms with Crippen LogP contribution in [0.1, 0.15) is 43.2 Å². The molecule has 7 heteroatoms. The smallest absolute Gasteiger partial charge is 0.283 e. The van der Waals surface area contributed by atoms with Crippen LogP contribution in [0.25, 0.3) is 0 Å². The molecule has 0 spiro atoms. The number of amidine groups is 1. The lowest BCUT2D eigenvalue weighted by atomic mass is 9.83. The topological polar surface area (TPSA) is 64.7 Å². The van der Waals surface area contributed by atoms with Crippen LogP contribution in [0.5, 0.6) is 0 Å². The van der Waals surface area contributed by atoms with Gasteiger partial charge in [-0.2, -0.15) is 0 Å². The number of benzene rings is 1. The summed E-state index contributed by atoms with van der Waals surface area (Å²) in [6, 6.07) is 3.61. The molecule has 0 radical (unpaired) electrons. The molecule has 0 aromatic heterocycles. The Morgan fingerprint density at radius 1 is 1.37 bits per heavy atom. The van der Waals surface area contributed by atoms with E-state index in [1.807, 2.05) is 6.08 Å². The zero-order chi connectivity index (χ0) is 19.2. The first kappa shape index (κ1) is 18.1. The number of allylic oxidation sites excluding steroid dienone is 2. The quantitative estimate of drug-likeness (QED) is 0.851. The summed E-state index contributed by atoms with van der Waals surface area (Å²) in [5.41, 5.74) is 4.58. The van der Waals surface area contributed by atoms with Gasteiger partial charge in [-0.3, -0.25) is 4.79 Å². The third-order valence-electron chi connectivity index (χ3n) is 5.67. The number of ketones is 1. The normalized spacial score (nSPS) is 29.5. The zero-order valence-corrected chi connectivity index (χ0v) is 14.8. The second kappa shape index (κ2) is 6.69. The molecular weight excluding hydrogens is 357 g/mol. The van der Waals surface area contributed by atoms with Crippen molar-refractivity contribution in [3.05, 3.63) is 46.8 Å². The van der Waals surface area contributed by atoms with Gasteiger partial charge in [0, 0.05) is 17.9 Å². The SMILES string of the molecule is NC1=N[C@@](c2cc(CC(=O)C3=CCCCC3)ccc2F)(C(F)F)[C@H]2C[C@H]2O1. The average molecular weight is 378 g/mol. The molecular formula is C20H21F3N2O2. The highest BCUT2D eigenvalue weighted by molar-refractivity contribution is 5.96. The maximum atomic E-state index is 14.6. The summed E-state index contributed by atoms with van der Waals surface area (Å²) in [6.07, 6.45) is 2.60. The van der Waals surface area contributed by atoms with Gasteiger partial charge in [0.1, 0.15) is 11.9 Å². The number of ether oxygens (including phenoxy) is 1. The van der Waals surface area contributed by atoms with Gasteiger partial charge in [-0.15, -0.1) is 0 Å². The van der Waals surface area contributed by atoms with Crippen LogP contribution in [0.4, 0.5) is 13.2 Å².